The Morgan fingerprint density at radius 2 is 1.91 bits per heavy atom. The lowest BCUT2D eigenvalue weighted by Gasteiger charge is -2.16. The predicted octanol–water partition coefficient (Wildman–Crippen LogP) is 2.12. The smallest absolute Gasteiger partial charge is 0.124 e. The van der Waals surface area contributed by atoms with Gasteiger partial charge in [0.1, 0.15) is 5.34 Å². The van der Waals surface area contributed by atoms with Gasteiger partial charge in [0.2, 0.25) is 0 Å². The summed E-state index contributed by atoms with van der Waals surface area (Å²) in [6.45, 7) is 1.72. The molecule has 0 bridgehead atoms. The lowest BCUT2D eigenvalue weighted by molar-refractivity contribution is 0.157. The minimum absolute atomic E-state index is 0.0175. The average molecular weight is 166 g/mol. The minimum atomic E-state index is -0.860. The third-order valence-electron chi connectivity index (χ3n) is 1.62. The van der Waals surface area contributed by atoms with Crippen molar-refractivity contribution in [2.45, 2.75) is 12.3 Å². The highest BCUT2D eigenvalue weighted by atomic mass is 31.0. The van der Waals surface area contributed by atoms with Crippen molar-refractivity contribution < 1.29 is 5.11 Å². The van der Waals surface area contributed by atoms with Crippen LogP contribution < -0.4 is 0 Å². The van der Waals surface area contributed by atoms with Crippen molar-refractivity contribution >= 4 is 8.04 Å². The molecule has 58 valence electrons. The molecule has 11 heavy (non-hydrogen) atoms. The van der Waals surface area contributed by atoms with Gasteiger partial charge in [-0.15, -0.1) is 6.13 Å². The molecule has 1 aromatic rings. The number of benzene rings is 1. The molecule has 2 heteroatoms. The van der Waals surface area contributed by atoms with Gasteiger partial charge in [-0.2, -0.15) is 0 Å². The van der Waals surface area contributed by atoms with E-state index in [4.69, 9.17) is 6.13 Å². The Morgan fingerprint density at radius 3 is 2.36 bits per heavy atom. The van der Waals surface area contributed by atoms with Crippen LogP contribution in [0.5, 0.6) is 0 Å². The number of aliphatic hydroxyl groups is 1. The van der Waals surface area contributed by atoms with Gasteiger partial charge in [0, 0.05) is 0 Å². The summed E-state index contributed by atoms with van der Waals surface area (Å²) in [4.78, 5) is 0. The van der Waals surface area contributed by atoms with Gasteiger partial charge in [-0.25, -0.2) is 0 Å². The van der Waals surface area contributed by atoms with Crippen LogP contribution in [0.15, 0.2) is 30.3 Å². The quantitative estimate of drug-likeness (QED) is 0.633. The number of rotatable bonds is 1. The maximum atomic E-state index is 9.68. The summed E-state index contributed by atoms with van der Waals surface area (Å²) in [5.41, 5.74) is 0.876. The van der Waals surface area contributed by atoms with E-state index in [1.54, 1.807) is 6.92 Å². The van der Waals surface area contributed by atoms with Crippen LogP contribution in [0, 0.1) is 6.13 Å². The van der Waals surface area contributed by atoms with Crippen molar-refractivity contribution in [1.82, 2.24) is 0 Å². The van der Waals surface area contributed by atoms with E-state index in [-0.39, 0.29) is 8.04 Å². The van der Waals surface area contributed by atoms with Crippen molar-refractivity contribution in [2.75, 3.05) is 0 Å². The molecule has 0 amide bonds. The highest BCUT2D eigenvalue weighted by molar-refractivity contribution is 7.27. The largest absolute Gasteiger partial charge is 0.377 e. The Kier molecular flexibility index (Phi) is 2.36. The zero-order chi connectivity index (χ0) is 8.32. The van der Waals surface area contributed by atoms with Crippen molar-refractivity contribution in [1.29, 1.82) is 0 Å². The van der Waals surface area contributed by atoms with Gasteiger partial charge in [-0.1, -0.05) is 38.4 Å². The van der Waals surface area contributed by atoms with Crippen LogP contribution in [0.25, 0.3) is 0 Å². The maximum Gasteiger partial charge on any atom is 0.124 e. The molecule has 2 atom stereocenters. The van der Waals surface area contributed by atoms with E-state index in [1.165, 1.54) is 0 Å². The minimum Gasteiger partial charge on any atom is -0.377 e. The monoisotopic (exact) mass is 166 g/mol. The van der Waals surface area contributed by atoms with Crippen molar-refractivity contribution in [3.63, 3.8) is 0 Å². The summed E-state index contributed by atoms with van der Waals surface area (Å²) in [7, 11) is 0.0175. The Hall–Kier alpha value is -0.740. The summed E-state index contributed by atoms with van der Waals surface area (Å²) < 4.78 is 0. The van der Waals surface area contributed by atoms with Gasteiger partial charge < -0.3 is 5.11 Å². The van der Waals surface area contributed by atoms with Crippen LogP contribution in [0.2, 0.25) is 0 Å². The lowest BCUT2D eigenvalue weighted by atomic mass is 10.1. The number of hydrogen-bond donors (Lipinski definition) is 1. The van der Waals surface area contributed by atoms with E-state index in [1.807, 2.05) is 30.3 Å². The fraction of sp³-hybridized carbons (Fsp3) is 0.222. The molecule has 0 aliphatic heterocycles. The van der Waals surface area contributed by atoms with E-state index in [0.717, 1.165) is 5.56 Å². The third kappa shape index (κ3) is 1.85. The highest BCUT2D eigenvalue weighted by Gasteiger charge is 2.16. The Morgan fingerprint density at radius 1 is 1.36 bits per heavy atom. The summed E-state index contributed by atoms with van der Waals surface area (Å²) >= 11 is 0. The van der Waals surface area contributed by atoms with Gasteiger partial charge in [0.15, 0.2) is 0 Å². The SMILES string of the molecule is C#[PH][C@@](C)(O)c1ccccc1. The molecule has 1 rings (SSSR count). The van der Waals surface area contributed by atoms with E-state index in [9.17, 15) is 5.11 Å². The molecule has 0 heterocycles. The molecule has 0 aromatic heterocycles. The summed E-state index contributed by atoms with van der Waals surface area (Å²) in [6, 6.07) is 9.45. The summed E-state index contributed by atoms with van der Waals surface area (Å²) in [5.74, 6) is 0. The highest BCUT2D eigenvalue weighted by Crippen LogP contribution is 2.29. The van der Waals surface area contributed by atoms with Gasteiger partial charge in [0.25, 0.3) is 0 Å². The molecule has 0 aliphatic carbocycles. The maximum absolute atomic E-state index is 9.68. The molecular weight excluding hydrogens is 155 g/mol. The van der Waals surface area contributed by atoms with Crippen molar-refractivity contribution in [2.24, 2.45) is 0 Å². The Labute approximate surface area is 68.2 Å². The van der Waals surface area contributed by atoms with E-state index in [0.29, 0.717) is 0 Å². The second-order valence-electron chi connectivity index (χ2n) is 2.58. The first-order chi connectivity index (χ1) is 5.17. The molecular formula is C9H11OP. The first-order valence-electron chi connectivity index (χ1n) is 3.42. The molecule has 0 radical (unpaired) electrons. The molecule has 1 unspecified atom stereocenters. The lowest BCUT2D eigenvalue weighted by Crippen LogP contribution is -2.10. The molecule has 0 saturated heterocycles. The van der Waals surface area contributed by atoms with Crippen LogP contribution in [-0.4, -0.2) is 5.11 Å². The van der Waals surface area contributed by atoms with Gasteiger partial charge in [0.05, 0.1) is 0 Å². The Balaban J connectivity index is 3.05. The Bertz CT molecular complexity index is 271. The van der Waals surface area contributed by atoms with Crippen molar-refractivity contribution in [3.8, 4) is 6.13 Å². The van der Waals surface area contributed by atoms with Crippen LogP contribution >= 0.6 is 8.04 Å². The second kappa shape index (κ2) is 3.11. The molecule has 1 aromatic carbocycles. The van der Waals surface area contributed by atoms with Crippen LogP contribution in [-0.2, 0) is 5.34 Å². The zero-order valence-electron chi connectivity index (χ0n) is 6.41. The van der Waals surface area contributed by atoms with E-state index >= 15 is 0 Å². The van der Waals surface area contributed by atoms with Crippen molar-refractivity contribution in [3.05, 3.63) is 35.9 Å². The molecule has 0 spiro atoms. The van der Waals surface area contributed by atoms with Gasteiger partial charge in [-0.05, 0) is 12.5 Å². The van der Waals surface area contributed by atoms with E-state index < -0.39 is 5.34 Å². The molecule has 1 N–H and O–H groups in total. The second-order valence-corrected chi connectivity index (χ2v) is 3.84. The first kappa shape index (κ1) is 8.36. The topological polar surface area (TPSA) is 20.2 Å². The summed E-state index contributed by atoms with van der Waals surface area (Å²) in [5, 5.41) is 8.82. The molecule has 0 aliphatic rings. The zero-order valence-corrected chi connectivity index (χ0v) is 7.41. The van der Waals surface area contributed by atoms with Crippen LogP contribution in [0.1, 0.15) is 12.5 Å². The van der Waals surface area contributed by atoms with Gasteiger partial charge in [-0.3, -0.25) is 0 Å². The first-order valence-corrected chi connectivity index (χ1v) is 4.50. The normalized spacial score (nSPS) is 16.1. The van der Waals surface area contributed by atoms with Crippen LogP contribution in [0.3, 0.4) is 0 Å². The standard InChI is InChI=1S/C9H11OP/c1-9(10,11-2)8-6-4-3-5-7-8/h2-7,10-11H,1H3/t9-/m1/s1. The number of hydrogen-bond acceptors (Lipinski definition) is 1. The fourth-order valence-electron chi connectivity index (χ4n) is 0.846. The molecule has 0 saturated carbocycles. The van der Waals surface area contributed by atoms with Crippen LogP contribution in [0.4, 0.5) is 0 Å². The third-order valence-corrected chi connectivity index (χ3v) is 2.47. The van der Waals surface area contributed by atoms with E-state index in [2.05, 4.69) is 0 Å². The predicted molar refractivity (Wildman–Crippen MR) is 49.3 cm³/mol. The molecule has 0 fully saturated rings. The molecule has 1 nitrogen and oxygen atoms in total. The van der Waals surface area contributed by atoms with Gasteiger partial charge >= 0.3 is 0 Å². The summed E-state index contributed by atoms with van der Waals surface area (Å²) in [6.07, 6.45) is 5.42. The average Bonchev–Trinajstić information content (AvgIpc) is 2.06. The fourth-order valence-corrected chi connectivity index (χ4v) is 1.18.